The van der Waals surface area contributed by atoms with Gasteiger partial charge in [0.25, 0.3) is 0 Å². The molecule has 4 heterocycles. The van der Waals surface area contributed by atoms with Crippen LogP contribution in [0.5, 0.6) is 0 Å². The van der Waals surface area contributed by atoms with E-state index < -0.39 is 0 Å². The monoisotopic (exact) mass is 316 g/mol. The number of hydrogen-bond acceptors (Lipinski definition) is 4. The Bertz CT molecular complexity index is 692. The Hall–Kier alpha value is -1.66. The molecule has 0 bridgehead atoms. The van der Waals surface area contributed by atoms with Gasteiger partial charge in [-0.25, -0.2) is 0 Å². The van der Waals surface area contributed by atoms with Crippen LogP contribution in [0.4, 0.5) is 0 Å². The maximum Gasteiger partial charge on any atom is 0.227 e. The highest BCUT2D eigenvalue weighted by Crippen LogP contribution is 2.31. The second kappa shape index (κ2) is 5.52. The third-order valence-electron chi connectivity index (χ3n) is 4.80. The normalized spacial score (nSPS) is 24.5. The van der Waals surface area contributed by atoms with Crippen LogP contribution in [-0.4, -0.2) is 40.2 Å². The fraction of sp³-hybridized carbons (Fsp3) is 0.500. The van der Waals surface area contributed by atoms with Crippen LogP contribution in [0.1, 0.15) is 21.9 Å². The number of rotatable bonds is 2. The minimum Gasteiger partial charge on any atom is -0.338 e. The van der Waals surface area contributed by atoms with Gasteiger partial charge in [0.1, 0.15) is 0 Å². The lowest BCUT2D eigenvalue weighted by Gasteiger charge is -2.30. The minimum atomic E-state index is 0.0318. The van der Waals surface area contributed by atoms with Crippen molar-refractivity contribution in [2.24, 2.45) is 13.0 Å². The Morgan fingerprint density at radius 2 is 2.36 bits per heavy atom. The maximum atomic E-state index is 13.0. The number of hydrogen-bond donors (Lipinski definition) is 1. The third-order valence-corrected chi connectivity index (χ3v) is 5.83. The standard InChI is InChI=1S/C16H20N4OS/c1-19-9-12(6-18-19)13-7-17-8-14(13)16(21)20-4-2-15-11(10-20)3-5-22-15/h3,5-6,9,13-14,17H,2,4,7-8,10H2,1H3/t13-,14+/m1/s1. The van der Waals surface area contributed by atoms with Crippen molar-refractivity contribution in [3.63, 3.8) is 0 Å². The zero-order valence-electron chi connectivity index (χ0n) is 12.7. The van der Waals surface area contributed by atoms with Crippen molar-refractivity contribution in [3.8, 4) is 0 Å². The summed E-state index contributed by atoms with van der Waals surface area (Å²) in [6.07, 6.45) is 4.92. The van der Waals surface area contributed by atoms with Crippen LogP contribution in [0.15, 0.2) is 23.8 Å². The number of aryl methyl sites for hydroxylation is 1. The summed E-state index contributed by atoms with van der Waals surface area (Å²) >= 11 is 1.81. The van der Waals surface area contributed by atoms with E-state index in [1.165, 1.54) is 16.0 Å². The lowest BCUT2D eigenvalue weighted by atomic mass is 9.89. The number of aromatic nitrogens is 2. The van der Waals surface area contributed by atoms with Crippen LogP contribution in [-0.2, 0) is 24.8 Å². The molecule has 0 spiro atoms. The predicted molar refractivity (Wildman–Crippen MR) is 85.7 cm³/mol. The average Bonchev–Trinajstić information content (AvgIpc) is 3.25. The molecule has 2 aromatic heterocycles. The number of thiophene rings is 1. The summed E-state index contributed by atoms with van der Waals surface area (Å²) in [6.45, 7) is 3.25. The predicted octanol–water partition coefficient (Wildman–Crippen LogP) is 1.37. The molecule has 22 heavy (non-hydrogen) atoms. The Balaban J connectivity index is 1.52. The molecular formula is C16H20N4OS. The fourth-order valence-corrected chi connectivity index (χ4v) is 4.48. The van der Waals surface area contributed by atoms with Crippen molar-refractivity contribution in [1.82, 2.24) is 20.0 Å². The van der Waals surface area contributed by atoms with Crippen molar-refractivity contribution in [1.29, 1.82) is 0 Å². The number of nitrogens with zero attached hydrogens (tertiary/aromatic N) is 3. The molecule has 0 unspecified atom stereocenters. The first-order valence-electron chi connectivity index (χ1n) is 7.75. The lowest BCUT2D eigenvalue weighted by molar-refractivity contribution is -0.136. The third kappa shape index (κ3) is 2.36. The largest absolute Gasteiger partial charge is 0.338 e. The van der Waals surface area contributed by atoms with Crippen molar-refractivity contribution < 1.29 is 4.79 Å². The molecule has 116 valence electrons. The average molecular weight is 316 g/mol. The van der Waals surface area contributed by atoms with Gasteiger partial charge in [-0.1, -0.05) is 0 Å². The molecule has 5 nitrogen and oxygen atoms in total. The molecule has 2 atom stereocenters. The maximum absolute atomic E-state index is 13.0. The van der Waals surface area contributed by atoms with Crippen molar-refractivity contribution in [2.75, 3.05) is 19.6 Å². The Morgan fingerprint density at radius 1 is 1.45 bits per heavy atom. The molecule has 1 fully saturated rings. The molecule has 0 radical (unpaired) electrons. The Labute approximate surface area is 133 Å². The van der Waals surface area contributed by atoms with E-state index in [0.29, 0.717) is 0 Å². The first-order chi connectivity index (χ1) is 10.7. The minimum absolute atomic E-state index is 0.0318. The van der Waals surface area contributed by atoms with Gasteiger partial charge in [0.2, 0.25) is 5.91 Å². The molecule has 6 heteroatoms. The second-order valence-corrected chi connectivity index (χ2v) is 7.20. The van der Waals surface area contributed by atoms with Gasteiger partial charge in [-0.15, -0.1) is 11.3 Å². The molecule has 1 N–H and O–H groups in total. The van der Waals surface area contributed by atoms with Crippen LogP contribution in [0.3, 0.4) is 0 Å². The number of carbonyl (C=O) groups excluding carboxylic acids is 1. The quantitative estimate of drug-likeness (QED) is 0.910. The van der Waals surface area contributed by atoms with E-state index in [-0.39, 0.29) is 17.7 Å². The van der Waals surface area contributed by atoms with Gasteiger partial charge >= 0.3 is 0 Å². The van der Waals surface area contributed by atoms with Crippen LogP contribution in [0, 0.1) is 5.92 Å². The molecule has 0 aliphatic carbocycles. The van der Waals surface area contributed by atoms with E-state index >= 15 is 0 Å². The van der Waals surface area contributed by atoms with Crippen molar-refractivity contribution in [3.05, 3.63) is 39.8 Å². The number of carbonyl (C=O) groups is 1. The highest BCUT2D eigenvalue weighted by atomic mass is 32.1. The summed E-state index contributed by atoms with van der Waals surface area (Å²) in [5.74, 6) is 0.560. The van der Waals surface area contributed by atoms with E-state index in [0.717, 1.165) is 32.6 Å². The Kier molecular flexibility index (Phi) is 3.50. The van der Waals surface area contributed by atoms with E-state index in [9.17, 15) is 4.79 Å². The highest BCUT2D eigenvalue weighted by Gasteiger charge is 2.37. The fourth-order valence-electron chi connectivity index (χ4n) is 3.59. The molecule has 1 amide bonds. The molecule has 0 aromatic carbocycles. The van der Waals surface area contributed by atoms with E-state index in [4.69, 9.17) is 0 Å². The molecule has 0 saturated carbocycles. The Morgan fingerprint density at radius 3 is 3.18 bits per heavy atom. The van der Waals surface area contributed by atoms with E-state index in [1.807, 2.05) is 40.4 Å². The van der Waals surface area contributed by atoms with Gasteiger partial charge in [-0.2, -0.15) is 5.10 Å². The van der Waals surface area contributed by atoms with Crippen molar-refractivity contribution >= 4 is 17.2 Å². The number of amides is 1. The lowest BCUT2D eigenvalue weighted by Crippen LogP contribution is -2.41. The van der Waals surface area contributed by atoms with Crippen LogP contribution in [0.25, 0.3) is 0 Å². The molecule has 2 aliphatic rings. The van der Waals surface area contributed by atoms with E-state index in [2.05, 4.69) is 21.9 Å². The zero-order chi connectivity index (χ0) is 15.1. The first kappa shape index (κ1) is 14.0. The first-order valence-corrected chi connectivity index (χ1v) is 8.63. The van der Waals surface area contributed by atoms with Crippen LogP contribution >= 0.6 is 11.3 Å². The number of fused-ring (bicyclic) bond motifs is 1. The summed E-state index contributed by atoms with van der Waals surface area (Å²) < 4.78 is 1.81. The SMILES string of the molecule is Cn1cc([C@H]2CNC[C@@H]2C(=O)N2CCc3sccc3C2)cn1. The molecule has 2 aliphatic heterocycles. The second-order valence-electron chi connectivity index (χ2n) is 6.20. The summed E-state index contributed by atoms with van der Waals surface area (Å²) in [6, 6.07) is 2.16. The summed E-state index contributed by atoms with van der Waals surface area (Å²) in [5.41, 5.74) is 2.49. The number of nitrogens with one attached hydrogen (secondary N) is 1. The molecule has 2 aromatic rings. The van der Waals surface area contributed by atoms with Gasteiger partial charge < -0.3 is 10.2 Å². The topological polar surface area (TPSA) is 50.2 Å². The summed E-state index contributed by atoms with van der Waals surface area (Å²) in [7, 11) is 1.92. The smallest absolute Gasteiger partial charge is 0.227 e. The molecular weight excluding hydrogens is 296 g/mol. The van der Waals surface area contributed by atoms with Gasteiger partial charge in [0, 0.05) is 50.2 Å². The van der Waals surface area contributed by atoms with E-state index in [1.54, 1.807) is 0 Å². The van der Waals surface area contributed by atoms with Gasteiger partial charge in [-0.05, 0) is 29.0 Å². The summed E-state index contributed by atoms with van der Waals surface area (Å²) in [5, 5.41) is 9.77. The highest BCUT2D eigenvalue weighted by molar-refractivity contribution is 7.10. The van der Waals surface area contributed by atoms with Crippen LogP contribution in [0.2, 0.25) is 0 Å². The summed E-state index contributed by atoms with van der Waals surface area (Å²) in [4.78, 5) is 16.5. The van der Waals surface area contributed by atoms with Gasteiger partial charge in [0.15, 0.2) is 0 Å². The van der Waals surface area contributed by atoms with Gasteiger partial charge in [-0.3, -0.25) is 9.48 Å². The zero-order valence-corrected chi connectivity index (χ0v) is 13.5. The molecule has 1 saturated heterocycles. The van der Waals surface area contributed by atoms with Crippen LogP contribution < -0.4 is 5.32 Å². The molecule has 4 rings (SSSR count). The van der Waals surface area contributed by atoms with Gasteiger partial charge in [0.05, 0.1) is 12.1 Å². The van der Waals surface area contributed by atoms with Crippen molar-refractivity contribution in [2.45, 2.75) is 18.9 Å².